The second-order valence-corrected chi connectivity index (χ2v) is 5.46. The first kappa shape index (κ1) is 14.1. The highest BCUT2D eigenvalue weighted by Crippen LogP contribution is 2.18. The van der Waals surface area contributed by atoms with Gasteiger partial charge in [-0.2, -0.15) is 0 Å². The summed E-state index contributed by atoms with van der Waals surface area (Å²) < 4.78 is 0. The van der Waals surface area contributed by atoms with Gasteiger partial charge in [0.25, 0.3) is 0 Å². The Labute approximate surface area is 106 Å². The van der Waals surface area contributed by atoms with E-state index in [1.807, 2.05) is 11.9 Å². The molecule has 0 fully saturated rings. The largest absolute Gasteiger partial charge is 0.481 e. The Morgan fingerprint density at radius 3 is 2.76 bits per heavy atom. The van der Waals surface area contributed by atoms with E-state index in [1.165, 1.54) is 0 Å². The summed E-state index contributed by atoms with van der Waals surface area (Å²) in [4.78, 5) is 17.0. The molecule has 96 valence electrons. The molecule has 1 N–H and O–H groups in total. The van der Waals surface area contributed by atoms with Crippen molar-refractivity contribution in [2.24, 2.45) is 0 Å². The molecule has 1 rings (SSSR count). The van der Waals surface area contributed by atoms with Crippen molar-refractivity contribution in [3.05, 3.63) is 16.1 Å². The Morgan fingerprint density at radius 1 is 1.53 bits per heavy atom. The van der Waals surface area contributed by atoms with Gasteiger partial charge in [0.15, 0.2) is 0 Å². The van der Waals surface area contributed by atoms with Gasteiger partial charge in [0.1, 0.15) is 0 Å². The monoisotopic (exact) mass is 256 g/mol. The van der Waals surface area contributed by atoms with E-state index in [4.69, 9.17) is 5.11 Å². The Morgan fingerprint density at radius 2 is 2.24 bits per heavy atom. The standard InChI is InChI=1S/C12H20N2O2S/c1-9(2)10-8-17-11(13-10)4-6-14(3)7-5-12(15)16/h8-9H,4-7H2,1-3H3,(H,15,16). The Hall–Kier alpha value is -0.940. The molecular formula is C12H20N2O2S. The fourth-order valence-corrected chi connectivity index (χ4v) is 2.34. The van der Waals surface area contributed by atoms with Gasteiger partial charge < -0.3 is 10.0 Å². The minimum atomic E-state index is -0.742. The second kappa shape index (κ2) is 6.71. The van der Waals surface area contributed by atoms with Gasteiger partial charge in [0.2, 0.25) is 0 Å². The lowest BCUT2D eigenvalue weighted by atomic mass is 10.2. The second-order valence-electron chi connectivity index (χ2n) is 4.52. The minimum Gasteiger partial charge on any atom is -0.481 e. The smallest absolute Gasteiger partial charge is 0.304 e. The maximum atomic E-state index is 10.4. The molecule has 0 spiro atoms. The van der Waals surface area contributed by atoms with Gasteiger partial charge in [-0.25, -0.2) is 4.98 Å². The third-order valence-corrected chi connectivity index (χ3v) is 3.50. The number of hydrogen-bond donors (Lipinski definition) is 1. The number of thiazole rings is 1. The predicted octanol–water partition coefficient (Wildman–Crippen LogP) is 2.22. The summed E-state index contributed by atoms with van der Waals surface area (Å²) in [5.74, 6) is -0.266. The normalized spacial score (nSPS) is 11.4. The number of aliphatic carboxylic acids is 1. The van der Waals surface area contributed by atoms with Crippen molar-refractivity contribution in [2.45, 2.75) is 32.6 Å². The highest BCUT2D eigenvalue weighted by Gasteiger charge is 2.07. The molecule has 0 aliphatic carbocycles. The highest BCUT2D eigenvalue weighted by molar-refractivity contribution is 7.09. The molecule has 17 heavy (non-hydrogen) atoms. The van der Waals surface area contributed by atoms with Gasteiger partial charge in [0.05, 0.1) is 17.1 Å². The van der Waals surface area contributed by atoms with Crippen LogP contribution < -0.4 is 0 Å². The van der Waals surface area contributed by atoms with E-state index in [9.17, 15) is 4.79 Å². The van der Waals surface area contributed by atoms with Crippen molar-refractivity contribution < 1.29 is 9.90 Å². The summed E-state index contributed by atoms with van der Waals surface area (Å²) in [5, 5.41) is 11.8. The van der Waals surface area contributed by atoms with Gasteiger partial charge in [-0.05, 0) is 13.0 Å². The number of carbonyl (C=O) groups is 1. The molecule has 0 amide bonds. The molecule has 1 aromatic rings. The first-order chi connectivity index (χ1) is 7.99. The Balaban J connectivity index is 2.31. The van der Waals surface area contributed by atoms with Crippen molar-refractivity contribution in [1.29, 1.82) is 0 Å². The zero-order valence-electron chi connectivity index (χ0n) is 10.6. The van der Waals surface area contributed by atoms with Gasteiger partial charge >= 0.3 is 5.97 Å². The molecule has 0 aromatic carbocycles. The van der Waals surface area contributed by atoms with Gasteiger partial charge in [-0.3, -0.25) is 4.79 Å². The molecule has 0 saturated heterocycles. The molecule has 0 unspecified atom stereocenters. The fourth-order valence-electron chi connectivity index (χ4n) is 1.39. The zero-order chi connectivity index (χ0) is 12.8. The van der Waals surface area contributed by atoms with Crippen LogP contribution in [-0.2, 0) is 11.2 Å². The van der Waals surface area contributed by atoms with Crippen LogP contribution in [-0.4, -0.2) is 41.1 Å². The van der Waals surface area contributed by atoms with Crippen molar-refractivity contribution in [1.82, 2.24) is 9.88 Å². The van der Waals surface area contributed by atoms with Crippen LogP contribution in [0.3, 0.4) is 0 Å². The van der Waals surface area contributed by atoms with E-state index in [-0.39, 0.29) is 6.42 Å². The molecule has 4 nitrogen and oxygen atoms in total. The molecule has 0 bridgehead atoms. The summed E-state index contributed by atoms with van der Waals surface area (Å²) in [6.45, 7) is 5.73. The zero-order valence-corrected chi connectivity index (χ0v) is 11.5. The highest BCUT2D eigenvalue weighted by atomic mass is 32.1. The molecular weight excluding hydrogens is 236 g/mol. The van der Waals surface area contributed by atoms with Crippen LogP contribution in [0.5, 0.6) is 0 Å². The van der Waals surface area contributed by atoms with Crippen LogP contribution in [0.25, 0.3) is 0 Å². The molecule has 0 aliphatic heterocycles. The first-order valence-corrected chi connectivity index (χ1v) is 6.71. The number of nitrogens with zero attached hydrogens (tertiary/aromatic N) is 2. The third kappa shape index (κ3) is 5.28. The number of carboxylic acids is 1. The van der Waals surface area contributed by atoms with E-state index >= 15 is 0 Å². The molecule has 1 aromatic heterocycles. The summed E-state index contributed by atoms with van der Waals surface area (Å²) in [7, 11) is 1.94. The molecule has 1 heterocycles. The number of rotatable bonds is 7. The summed E-state index contributed by atoms with van der Waals surface area (Å²) in [5.41, 5.74) is 1.15. The average Bonchev–Trinajstić information content (AvgIpc) is 2.72. The number of aromatic nitrogens is 1. The first-order valence-electron chi connectivity index (χ1n) is 5.83. The van der Waals surface area contributed by atoms with E-state index < -0.39 is 5.97 Å². The van der Waals surface area contributed by atoms with Crippen molar-refractivity contribution in [3.8, 4) is 0 Å². The lowest BCUT2D eigenvalue weighted by Crippen LogP contribution is -2.24. The lowest BCUT2D eigenvalue weighted by Gasteiger charge is -2.13. The van der Waals surface area contributed by atoms with Gasteiger partial charge in [-0.15, -0.1) is 11.3 Å². The number of likely N-dealkylation sites (N-methyl/N-ethyl adjacent to an activating group) is 1. The van der Waals surface area contributed by atoms with Crippen molar-refractivity contribution >= 4 is 17.3 Å². The van der Waals surface area contributed by atoms with Crippen LogP contribution in [0.1, 0.15) is 36.9 Å². The predicted molar refractivity (Wildman–Crippen MR) is 69.7 cm³/mol. The summed E-state index contributed by atoms with van der Waals surface area (Å²) >= 11 is 1.69. The van der Waals surface area contributed by atoms with Crippen LogP contribution in [0, 0.1) is 0 Å². The number of hydrogen-bond acceptors (Lipinski definition) is 4. The molecule has 0 saturated carbocycles. The minimum absolute atomic E-state index is 0.200. The van der Waals surface area contributed by atoms with E-state index in [1.54, 1.807) is 11.3 Å². The molecule has 0 atom stereocenters. The Kier molecular flexibility index (Phi) is 5.58. The maximum absolute atomic E-state index is 10.4. The van der Waals surface area contributed by atoms with E-state index in [0.717, 1.165) is 23.7 Å². The molecule has 0 radical (unpaired) electrons. The lowest BCUT2D eigenvalue weighted by molar-refractivity contribution is -0.137. The van der Waals surface area contributed by atoms with Crippen molar-refractivity contribution in [3.63, 3.8) is 0 Å². The van der Waals surface area contributed by atoms with Crippen LogP contribution in [0.4, 0.5) is 0 Å². The molecule has 0 aliphatic rings. The van der Waals surface area contributed by atoms with Gasteiger partial charge in [-0.1, -0.05) is 13.8 Å². The third-order valence-electron chi connectivity index (χ3n) is 2.58. The van der Waals surface area contributed by atoms with Crippen LogP contribution in [0.15, 0.2) is 5.38 Å². The summed E-state index contributed by atoms with van der Waals surface area (Å²) in [6, 6.07) is 0. The summed E-state index contributed by atoms with van der Waals surface area (Å²) in [6.07, 6.45) is 1.10. The van der Waals surface area contributed by atoms with Gasteiger partial charge in [0, 0.05) is 24.9 Å². The fraction of sp³-hybridized carbons (Fsp3) is 0.667. The quantitative estimate of drug-likeness (QED) is 0.812. The molecule has 5 heteroatoms. The number of carboxylic acid groups (broad SMARTS) is 1. The van der Waals surface area contributed by atoms with Crippen LogP contribution >= 0.6 is 11.3 Å². The average molecular weight is 256 g/mol. The van der Waals surface area contributed by atoms with Crippen molar-refractivity contribution in [2.75, 3.05) is 20.1 Å². The van der Waals surface area contributed by atoms with E-state index in [2.05, 4.69) is 24.2 Å². The maximum Gasteiger partial charge on any atom is 0.304 e. The van der Waals surface area contributed by atoms with Crippen LogP contribution in [0.2, 0.25) is 0 Å². The SMILES string of the molecule is CC(C)c1csc(CCN(C)CCC(=O)O)n1. The van der Waals surface area contributed by atoms with E-state index in [0.29, 0.717) is 12.5 Å². The Bertz CT molecular complexity index is 363. The topological polar surface area (TPSA) is 53.4 Å².